The molecule has 0 atom stereocenters. The summed E-state index contributed by atoms with van der Waals surface area (Å²) in [5.74, 6) is -0.735. The molecular weight excluding hydrogens is 301 g/mol. The predicted octanol–water partition coefficient (Wildman–Crippen LogP) is 2.67. The van der Waals surface area contributed by atoms with Crippen LogP contribution in [0.25, 0.3) is 0 Å². The maximum atomic E-state index is 12.1. The average Bonchev–Trinajstić information content (AvgIpc) is 2.18. The molecule has 0 bridgehead atoms. The Hall–Kier alpha value is -1.24. The first kappa shape index (κ1) is 13.8. The van der Waals surface area contributed by atoms with Crippen molar-refractivity contribution in [2.24, 2.45) is 0 Å². The van der Waals surface area contributed by atoms with Crippen LogP contribution in [-0.4, -0.2) is 30.6 Å². The first-order valence-corrected chi connectivity index (χ1v) is 5.38. The lowest BCUT2D eigenvalue weighted by Crippen LogP contribution is -2.36. The molecule has 94 valence electrons. The number of carbonyl (C=O) groups excluding carboxylic acids is 1. The van der Waals surface area contributed by atoms with E-state index in [1.807, 2.05) is 0 Å². The van der Waals surface area contributed by atoms with Crippen molar-refractivity contribution in [2.45, 2.75) is 6.18 Å². The molecule has 1 rings (SSSR count). The van der Waals surface area contributed by atoms with Crippen molar-refractivity contribution in [2.75, 3.05) is 19.3 Å². The maximum absolute atomic E-state index is 12.1. The zero-order valence-corrected chi connectivity index (χ0v) is 10.5. The van der Waals surface area contributed by atoms with Gasteiger partial charge >= 0.3 is 6.18 Å². The number of benzene rings is 1. The molecule has 0 saturated carbocycles. The fourth-order valence-electron chi connectivity index (χ4n) is 1.26. The molecule has 3 nitrogen and oxygen atoms in total. The zero-order chi connectivity index (χ0) is 13.2. The minimum atomic E-state index is -4.42. The van der Waals surface area contributed by atoms with Crippen molar-refractivity contribution < 1.29 is 18.0 Å². The van der Waals surface area contributed by atoms with Gasteiger partial charge in [-0.2, -0.15) is 13.2 Å². The minimum absolute atomic E-state index is 0.108. The number of anilines is 1. The van der Waals surface area contributed by atoms with Gasteiger partial charge in [0.05, 0.1) is 10.0 Å². The van der Waals surface area contributed by atoms with Gasteiger partial charge in [-0.3, -0.25) is 4.79 Å². The molecular formula is C10H10BrF3N2O. The Labute approximate surface area is 105 Å². The third-order valence-corrected chi connectivity index (χ3v) is 2.91. The highest BCUT2D eigenvalue weighted by Crippen LogP contribution is 2.25. The molecule has 0 unspecified atom stereocenters. The summed E-state index contributed by atoms with van der Waals surface area (Å²) in [6.45, 7) is -1.30. The van der Waals surface area contributed by atoms with E-state index in [2.05, 4.69) is 15.9 Å². The lowest BCUT2D eigenvalue weighted by molar-refractivity contribution is -0.138. The highest BCUT2D eigenvalue weighted by atomic mass is 79.9. The molecule has 0 spiro atoms. The van der Waals surface area contributed by atoms with Crippen molar-refractivity contribution in [3.8, 4) is 0 Å². The van der Waals surface area contributed by atoms with E-state index in [1.54, 1.807) is 6.07 Å². The molecule has 0 aliphatic rings. The molecule has 0 fully saturated rings. The van der Waals surface area contributed by atoms with E-state index < -0.39 is 18.6 Å². The number of nitrogen functional groups attached to an aromatic ring is 1. The van der Waals surface area contributed by atoms with Crippen molar-refractivity contribution in [3.05, 3.63) is 28.2 Å². The normalized spacial score (nSPS) is 11.4. The van der Waals surface area contributed by atoms with E-state index in [-0.39, 0.29) is 5.56 Å². The quantitative estimate of drug-likeness (QED) is 0.854. The molecule has 0 saturated heterocycles. The molecule has 0 aromatic heterocycles. The van der Waals surface area contributed by atoms with Crippen LogP contribution in [0.1, 0.15) is 10.4 Å². The molecule has 7 heteroatoms. The Morgan fingerprint density at radius 3 is 2.59 bits per heavy atom. The van der Waals surface area contributed by atoms with Gasteiger partial charge in [0, 0.05) is 12.7 Å². The van der Waals surface area contributed by atoms with Gasteiger partial charge in [0.15, 0.2) is 0 Å². The zero-order valence-electron chi connectivity index (χ0n) is 8.88. The van der Waals surface area contributed by atoms with Crippen LogP contribution in [0.5, 0.6) is 0 Å². The SMILES string of the molecule is CN(CC(F)(F)F)C(=O)c1cccc(N)c1Br. The minimum Gasteiger partial charge on any atom is -0.398 e. The summed E-state index contributed by atoms with van der Waals surface area (Å²) in [6, 6.07) is 4.47. The molecule has 17 heavy (non-hydrogen) atoms. The van der Waals surface area contributed by atoms with E-state index in [1.165, 1.54) is 12.1 Å². The number of hydrogen-bond acceptors (Lipinski definition) is 2. The largest absolute Gasteiger partial charge is 0.406 e. The van der Waals surface area contributed by atoms with Gasteiger partial charge in [-0.1, -0.05) is 6.07 Å². The van der Waals surface area contributed by atoms with E-state index in [0.717, 1.165) is 7.05 Å². The number of rotatable bonds is 2. The Bertz CT molecular complexity index is 434. The highest BCUT2D eigenvalue weighted by molar-refractivity contribution is 9.10. The lowest BCUT2D eigenvalue weighted by Gasteiger charge is -2.19. The Balaban J connectivity index is 2.93. The van der Waals surface area contributed by atoms with Crippen LogP contribution in [0.4, 0.5) is 18.9 Å². The standard InChI is InChI=1S/C10H10BrF3N2O/c1-16(5-10(12,13)14)9(17)6-3-2-4-7(15)8(6)11/h2-4H,5,15H2,1H3. The second-order valence-electron chi connectivity index (χ2n) is 3.49. The molecule has 0 aliphatic carbocycles. The fourth-order valence-corrected chi connectivity index (χ4v) is 1.70. The Kier molecular flexibility index (Phi) is 4.03. The molecule has 1 aromatic rings. The van der Waals surface area contributed by atoms with E-state index >= 15 is 0 Å². The van der Waals surface area contributed by atoms with Gasteiger partial charge in [-0.15, -0.1) is 0 Å². The predicted molar refractivity (Wildman–Crippen MR) is 61.6 cm³/mol. The van der Waals surface area contributed by atoms with Crippen molar-refractivity contribution >= 4 is 27.5 Å². The lowest BCUT2D eigenvalue weighted by atomic mass is 10.2. The van der Waals surface area contributed by atoms with Crippen LogP contribution < -0.4 is 5.73 Å². The fraction of sp³-hybridized carbons (Fsp3) is 0.300. The van der Waals surface area contributed by atoms with Crippen molar-refractivity contribution in [1.29, 1.82) is 0 Å². The second kappa shape index (κ2) is 4.95. The number of nitrogens with zero attached hydrogens (tertiary/aromatic N) is 1. The summed E-state index contributed by atoms with van der Waals surface area (Å²) in [4.78, 5) is 12.3. The monoisotopic (exact) mass is 310 g/mol. The van der Waals surface area contributed by atoms with Gasteiger partial charge in [0.2, 0.25) is 0 Å². The number of halogens is 4. The summed E-state index contributed by atoms with van der Waals surface area (Å²) in [6.07, 6.45) is -4.42. The van der Waals surface area contributed by atoms with E-state index in [4.69, 9.17) is 5.73 Å². The molecule has 0 aliphatic heterocycles. The first-order valence-electron chi connectivity index (χ1n) is 4.58. The van der Waals surface area contributed by atoms with E-state index in [0.29, 0.717) is 15.1 Å². The van der Waals surface area contributed by atoms with Gasteiger partial charge in [-0.25, -0.2) is 0 Å². The number of alkyl halides is 3. The number of nitrogens with two attached hydrogens (primary N) is 1. The van der Waals surface area contributed by atoms with Crippen molar-refractivity contribution in [3.63, 3.8) is 0 Å². The average molecular weight is 311 g/mol. The molecule has 2 N–H and O–H groups in total. The van der Waals surface area contributed by atoms with Crippen LogP contribution in [-0.2, 0) is 0 Å². The summed E-state index contributed by atoms with van der Waals surface area (Å²) < 4.78 is 36.7. The number of hydrogen-bond donors (Lipinski definition) is 1. The molecule has 0 radical (unpaired) electrons. The highest BCUT2D eigenvalue weighted by Gasteiger charge is 2.32. The van der Waals surface area contributed by atoms with Crippen LogP contribution in [0.15, 0.2) is 22.7 Å². The van der Waals surface area contributed by atoms with Crippen LogP contribution in [0, 0.1) is 0 Å². The first-order chi connectivity index (χ1) is 7.72. The van der Waals surface area contributed by atoms with E-state index in [9.17, 15) is 18.0 Å². The topological polar surface area (TPSA) is 46.3 Å². The maximum Gasteiger partial charge on any atom is 0.406 e. The van der Waals surface area contributed by atoms with Gasteiger partial charge in [0.25, 0.3) is 5.91 Å². The number of carbonyl (C=O) groups is 1. The smallest absolute Gasteiger partial charge is 0.398 e. The van der Waals surface area contributed by atoms with Crippen molar-refractivity contribution in [1.82, 2.24) is 4.90 Å². The van der Waals surface area contributed by atoms with Gasteiger partial charge < -0.3 is 10.6 Å². The van der Waals surface area contributed by atoms with Gasteiger partial charge in [0.1, 0.15) is 6.54 Å². The van der Waals surface area contributed by atoms with Crippen LogP contribution >= 0.6 is 15.9 Å². The summed E-state index contributed by atoms with van der Waals surface area (Å²) >= 11 is 3.07. The Morgan fingerprint density at radius 1 is 1.47 bits per heavy atom. The molecule has 1 aromatic carbocycles. The van der Waals surface area contributed by atoms with Crippen LogP contribution in [0.3, 0.4) is 0 Å². The Morgan fingerprint density at radius 2 is 2.06 bits per heavy atom. The molecule has 1 amide bonds. The van der Waals surface area contributed by atoms with Gasteiger partial charge in [-0.05, 0) is 28.1 Å². The third-order valence-electron chi connectivity index (χ3n) is 2.02. The van der Waals surface area contributed by atoms with Crippen LogP contribution in [0.2, 0.25) is 0 Å². The number of amides is 1. The summed E-state index contributed by atoms with van der Waals surface area (Å²) in [5.41, 5.74) is 5.96. The summed E-state index contributed by atoms with van der Waals surface area (Å²) in [5, 5.41) is 0. The third kappa shape index (κ3) is 3.62. The summed E-state index contributed by atoms with van der Waals surface area (Å²) in [7, 11) is 1.09. The molecule has 0 heterocycles. The second-order valence-corrected chi connectivity index (χ2v) is 4.28.